The number of anilines is 2. The first kappa shape index (κ1) is 16.0. The maximum absolute atomic E-state index is 11.5. The van der Waals surface area contributed by atoms with Crippen LogP contribution >= 0.6 is 0 Å². The summed E-state index contributed by atoms with van der Waals surface area (Å²) in [5.74, 6) is 3.16. The monoisotopic (exact) mass is 312 g/mol. The zero-order valence-electron chi connectivity index (χ0n) is 12.7. The van der Waals surface area contributed by atoms with Crippen molar-refractivity contribution in [2.75, 3.05) is 35.2 Å². The molecule has 118 valence electrons. The van der Waals surface area contributed by atoms with Gasteiger partial charge in [0.1, 0.15) is 17.5 Å². The predicted octanol–water partition coefficient (Wildman–Crippen LogP) is 1.71. The first-order chi connectivity index (χ1) is 10.0. The summed E-state index contributed by atoms with van der Waals surface area (Å²) in [4.78, 5) is 8.88. The van der Waals surface area contributed by atoms with Crippen molar-refractivity contribution in [3.8, 4) is 0 Å². The van der Waals surface area contributed by atoms with Crippen molar-refractivity contribution >= 4 is 21.5 Å². The molecule has 0 amide bonds. The second kappa shape index (κ2) is 7.06. The lowest BCUT2D eigenvalue weighted by Gasteiger charge is -2.13. The van der Waals surface area contributed by atoms with Crippen LogP contribution in [0, 0.1) is 5.92 Å². The molecule has 1 fully saturated rings. The molecule has 0 saturated carbocycles. The summed E-state index contributed by atoms with van der Waals surface area (Å²) in [7, 11) is -2.82. The second-order valence-corrected chi connectivity index (χ2v) is 7.71. The summed E-state index contributed by atoms with van der Waals surface area (Å²) < 4.78 is 22.9. The van der Waals surface area contributed by atoms with Gasteiger partial charge in [-0.3, -0.25) is 0 Å². The van der Waals surface area contributed by atoms with Crippen molar-refractivity contribution in [1.82, 2.24) is 9.97 Å². The van der Waals surface area contributed by atoms with E-state index in [9.17, 15) is 8.42 Å². The van der Waals surface area contributed by atoms with E-state index in [0.717, 1.165) is 43.3 Å². The summed E-state index contributed by atoms with van der Waals surface area (Å²) in [5.41, 5.74) is 0. The van der Waals surface area contributed by atoms with Gasteiger partial charge in [0.2, 0.25) is 0 Å². The van der Waals surface area contributed by atoms with Crippen LogP contribution in [0.15, 0.2) is 6.07 Å². The number of aryl methyl sites for hydroxylation is 1. The maximum Gasteiger partial charge on any atom is 0.150 e. The van der Waals surface area contributed by atoms with Crippen LogP contribution in [0.2, 0.25) is 0 Å². The van der Waals surface area contributed by atoms with Crippen LogP contribution in [0.25, 0.3) is 0 Å². The molecule has 2 N–H and O–H groups in total. The fraction of sp³-hybridized carbons (Fsp3) is 0.714. The number of sulfone groups is 1. The normalized spacial score (nSPS) is 20.4. The Bertz CT molecular complexity index is 574. The molecule has 1 aromatic rings. The molecule has 21 heavy (non-hydrogen) atoms. The van der Waals surface area contributed by atoms with Crippen LogP contribution in [0.4, 0.5) is 11.6 Å². The summed E-state index contributed by atoms with van der Waals surface area (Å²) in [6, 6.07) is 1.89. The minimum Gasteiger partial charge on any atom is -0.370 e. The third-order valence-corrected chi connectivity index (χ3v) is 5.38. The fourth-order valence-electron chi connectivity index (χ4n) is 2.37. The maximum atomic E-state index is 11.5. The summed E-state index contributed by atoms with van der Waals surface area (Å²) in [5, 5.41) is 6.52. The van der Waals surface area contributed by atoms with Crippen molar-refractivity contribution in [1.29, 1.82) is 0 Å². The molecule has 7 heteroatoms. The van der Waals surface area contributed by atoms with E-state index in [0.29, 0.717) is 12.3 Å². The SMILES string of the molecule is CCCNc1cc(NCC2CCS(=O)(=O)C2)nc(CC)n1. The number of rotatable bonds is 7. The summed E-state index contributed by atoms with van der Waals surface area (Å²) in [6.45, 7) is 5.65. The molecule has 1 aliphatic heterocycles. The van der Waals surface area contributed by atoms with Gasteiger partial charge in [-0.15, -0.1) is 0 Å². The quantitative estimate of drug-likeness (QED) is 0.797. The molecule has 1 unspecified atom stereocenters. The smallest absolute Gasteiger partial charge is 0.150 e. The van der Waals surface area contributed by atoms with Crippen LogP contribution in [0.3, 0.4) is 0 Å². The molecule has 2 rings (SSSR count). The van der Waals surface area contributed by atoms with Crippen molar-refractivity contribution in [2.24, 2.45) is 5.92 Å². The Balaban J connectivity index is 1.98. The topological polar surface area (TPSA) is 84.0 Å². The van der Waals surface area contributed by atoms with Gasteiger partial charge in [0.05, 0.1) is 11.5 Å². The Kier molecular flexibility index (Phi) is 5.39. The number of hydrogen-bond donors (Lipinski definition) is 2. The molecular formula is C14H24N4O2S. The van der Waals surface area contributed by atoms with E-state index in [1.165, 1.54) is 0 Å². The Hall–Kier alpha value is -1.37. The lowest BCUT2D eigenvalue weighted by molar-refractivity contribution is 0.595. The Morgan fingerprint density at radius 1 is 1.24 bits per heavy atom. The largest absolute Gasteiger partial charge is 0.370 e. The van der Waals surface area contributed by atoms with Crippen LogP contribution in [0.1, 0.15) is 32.5 Å². The zero-order valence-corrected chi connectivity index (χ0v) is 13.5. The van der Waals surface area contributed by atoms with Crippen LogP contribution in [-0.2, 0) is 16.3 Å². The standard InChI is InChI=1S/C14H24N4O2S/c1-3-6-15-13-8-14(18-12(4-2)17-13)16-9-11-5-7-21(19,20)10-11/h8,11H,3-7,9-10H2,1-2H3,(H2,15,16,17,18). The van der Waals surface area contributed by atoms with Gasteiger partial charge in [-0.2, -0.15) is 0 Å². The number of nitrogens with one attached hydrogen (secondary N) is 2. The van der Waals surface area contributed by atoms with Crippen LogP contribution in [-0.4, -0.2) is 43.0 Å². The minimum atomic E-state index is -2.82. The van der Waals surface area contributed by atoms with Gasteiger partial charge in [0.25, 0.3) is 0 Å². The van der Waals surface area contributed by atoms with Gasteiger partial charge in [-0.25, -0.2) is 18.4 Å². The molecule has 0 aliphatic carbocycles. The number of nitrogens with zero attached hydrogens (tertiary/aromatic N) is 2. The minimum absolute atomic E-state index is 0.182. The molecule has 1 aromatic heterocycles. The van der Waals surface area contributed by atoms with E-state index in [2.05, 4.69) is 27.5 Å². The van der Waals surface area contributed by atoms with Crippen LogP contribution < -0.4 is 10.6 Å². The van der Waals surface area contributed by atoms with E-state index in [1.807, 2.05) is 13.0 Å². The third kappa shape index (κ3) is 4.84. The summed E-state index contributed by atoms with van der Waals surface area (Å²) >= 11 is 0. The van der Waals surface area contributed by atoms with Gasteiger partial charge in [-0.05, 0) is 18.8 Å². The third-order valence-electron chi connectivity index (χ3n) is 3.54. The molecule has 1 saturated heterocycles. The Labute approximate surface area is 126 Å². The molecular weight excluding hydrogens is 288 g/mol. The zero-order chi connectivity index (χ0) is 15.3. The molecule has 0 radical (unpaired) electrons. The highest BCUT2D eigenvalue weighted by Crippen LogP contribution is 2.19. The van der Waals surface area contributed by atoms with Crippen molar-refractivity contribution in [3.05, 3.63) is 11.9 Å². The fourth-order valence-corrected chi connectivity index (χ4v) is 4.23. The van der Waals surface area contributed by atoms with E-state index in [4.69, 9.17) is 0 Å². The van der Waals surface area contributed by atoms with E-state index in [1.54, 1.807) is 0 Å². The molecule has 1 aliphatic rings. The van der Waals surface area contributed by atoms with Crippen molar-refractivity contribution in [2.45, 2.75) is 33.1 Å². The van der Waals surface area contributed by atoms with Crippen molar-refractivity contribution in [3.63, 3.8) is 0 Å². The Morgan fingerprint density at radius 2 is 1.95 bits per heavy atom. The van der Waals surface area contributed by atoms with Gasteiger partial charge in [-0.1, -0.05) is 13.8 Å². The molecule has 2 heterocycles. The van der Waals surface area contributed by atoms with Crippen LogP contribution in [0.5, 0.6) is 0 Å². The van der Waals surface area contributed by atoms with Gasteiger partial charge in [0, 0.05) is 25.6 Å². The van der Waals surface area contributed by atoms with Gasteiger partial charge in [0.15, 0.2) is 9.84 Å². The Morgan fingerprint density at radius 3 is 2.52 bits per heavy atom. The number of hydrogen-bond acceptors (Lipinski definition) is 6. The second-order valence-electron chi connectivity index (χ2n) is 5.48. The first-order valence-electron chi connectivity index (χ1n) is 7.58. The highest BCUT2D eigenvalue weighted by molar-refractivity contribution is 7.91. The lowest BCUT2D eigenvalue weighted by atomic mass is 10.1. The average molecular weight is 312 g/mol. The highest BCUT2D eigenvalue weighted by Gasteiger charge is 2.27. The van der Waals surface area contributed by atoms with Gasteiger partial charge >= 0.3 is 0 Å². The highest BCUT2D eigenvalue weighted by atomic mass is 32.2. The lowest BCUT2D eigenvalue weighted by Crippen LogP contribution is -2.17. The average Bonchev–Trinajstić information content (AvgIpc) is 2.82. The first-order valence-corrected chi connectivity index (χ1v) is 9.40. The van der Waals surface area contributed by atoms with E-state index < -0.39 is 9.84 Å². The summed E-state index contributed by atoms with van der Waals surface area (Å²) in [6.07, 6.45) is 2.55. The van der Waals surface area contributed by atoms with E-state index in [-0.39, 0.29) is 11.7 Å². The molecule has 1 atom stereocenters. The number of aromatic nitrogens is 2. The molecule has 0 spiro atoms. The van der Waals surface area contributed by atoms with E-state index >= 15 is 0 Å². The molecule has 6 nitrogen and oxygen atoms in total. The van der Waals surface area contributed by atoms with Gasteiger partial charge < -0.3 is 10.6 Å². The molecule has 0 aromatic carbocycles. The van der Waals surface area contributed by atoms with Crippen molar-refractivity contribution < 1.29 is 8.42 Å². The predicted molar refractivity (Wildman–Crippen MR) is 85.4 cm³/mol. The molecule has 0 bridgehead atoms.